The number of aromatic nitrogens is 1. The lowest BCUT2D eigenvalue weighted by atomic mass is 10.2. The molecule has 0 saturated heterocycles. The topological polar surface area (TPSA) is 54.0 Å². The second-order valence-electron chi connectivity index (χ2n) is 4.76. The molecule has 0 atom stereocenters. The minimum absolute atomic E-state index is 0.208. The fourth-order valence-electron chi connectivity index (χ4n) is 1.97. The Kier molecular flexibility index (Phi) is 4.50. The maximum atomic E-state index is 11.9. The molecule has 0 unspecified atom stereocenters. The molecule has 2 N–H and O–H groups in total. The van der Waals surface area contributed by atoms with Gasteiger partial charge in [0.05, 0.1) is 6.54 Å². The van der Waals surface area contributed by atoms with E-state index in [1.165, 1.54) is 0 Å². The summed E-state index contributed by atoms with van der Waals surface area (Å²) in [6.45, 7) is 2.51. The predicted molar refractivity (Wildman–Crippen MR) is 92.5 cm³/mol. The van der Waals surface area contributed by atoms with Crippen LogP contribution in [0.4, 0.5) is 10.5 Å². The van der Waals surface area contributed by atoms with Crippen molar-refractivity contribution in [2.45, 2.75) is 13.5 Å². The van der Waals surface area contributed by atoms with Crippen LogP contribution in [0.2, 0.25) is 0 Å². The third-order valence-corrected chi connectivity index (χ3v) is 4.88. The fourth-order valence-corrected chi connectivity index (χ4v) is 3.41. The van der Waals surface area contributed by atoms with Crippen molar-refractivity contribution < 1.29 is 4.79 Å². The zero-order valence-electron chi connectivity index (χ0n) is 12.0. The van der Waals surface area contributed by atoms with Crippen LogP contribution in [0.5, 0.6) is 0 Å². The van der Waals surface area contributed by atoms with E-state index in [0.29, 0.717) is 6.54 Å². The van der Waals surface area contributed by atoms with Gasteiger partial charge in [0.25, 0.3) is 0 Å². The highest BCUT2D eigenvalue weighted by molar-refractivity contribution is 7.13. The van der Waals surface area contributed by atoms with Crippen LogP contribution in [0.15, 0.2) is 47.2 Å². The highest BCUT2D eigenvalue weighted by Gasteiger charge is 2.06. The molecule has 0 fully saturated rings. The van der Waals surface area contributed by atoms with Crippen LogP contribution in [-0.2, 0) is 6.54 Å². The molecule has 2 heterocycles. The van der Waals surface area contributed by atoms with Gasteiger partial charge in [-0.1, -0.05) is 18.2 Å². The Balaban J connectivity index is 1.63. The standard InChI is InChI=1S/C16H15N3OS2/c1-11-10-22-15(18-11)12-4-2-5-13(8-12)19-16(20)17-9-14-6-3-7-21-14/h2-8,10H,9H2,1H3,(H2,17,19,20). The highest BCUT2D eigenvalue weighted by Crippen LogP contribution is 2.25. The largest absolute Gasteiger partial charge is 0.333 e. The van der Waals surface area contributed by atoms with Crippen LogP contribution in [0.3, 0.4) is 0 Å². The van der Waals surface area contributed by atoms with Gasteiger partial charge in [0, 0.05) is 27.2 Å². The zero-order chi connectivity index (χ0) is 15.4. The Morgan fingerprint density at radius 1 is 1.23 bits per heavy atom. The van der Waals surface area contributed by atoms with Crippen molar-refractivity contribution >= 4 is 34.4 Å². The van der Waals surface area contributed by atoms with E-state index in [1.807, 2.05) is 54.1 Å². The second-order valence-corrected chi connectivity index (χ2v) is 6.65. The van der Waals surface area contributed by atoms with Crippen LogP contribution in [-0.4, -0.2) is 11.0 Å². The fraction of sp³-hybridized carbons (Fsp3) is 0.125. The number of rotatable bonds is 4. The lowest BCUT2D eigenvalue weighted by Gasteiger charge is -2.07. The lowest BCUT2D eigenvalue weighted by molar-refractivity contribution is 0.252. The highest BCUT2D eigenvalue weighted by atomic mass is 32.1. The molecule has 112 valence electrons. The van der Waals surface area contributed by atoms with Gasteiger partial charge < -0.3 is 10.6 Å². The van der Waals surface area contributed by atoms with Crippen molar-refractivity contribution in [3.05, 3.63) is 57.7 Å². The van der Waals surface area contributed by atoms with Gasteiger partial charge in [-0.3, -0.25) is 0 Å². The van der Waals surface area contributed by atoms with Crippen LogP contribution in [0, 0.1) is 6.92 Å². The number of thiazole rings is 1. The number of nitrogens with zero attached hydrogens (tertiary/aromatic N) is 1. The SMILES string of the molecule is Cc1csc(-c2cccc(NC(=O)NCc3cccs3)c2)n1. The molecule has 0 radical (unpaired) electrons. The summed E-state index contributed by atoms with van der Waals surface area (Å²) >= 11 is 3.22. The molecule has 3 aromatic rings. The van der Waals surface area contributed by atoms with E-state index >= 15 is 0 Å². The van der Waals surface area contributed by atoms with Crippen LogP contribution >= 0.6 is 22.7 Å². The van der Waals surface area contributed by atoms with E-state index < -0.39 is 0 Å². The van der Waals surface area contributed by atoms with Crippen LogP contribution < -0.4 is 10.6 Å². The number of nitrogens with one attached hydrogen (secondary N) is 2. The third-order valence-electron chi connectivity index (χ3n) is 2.99. The number of amides is 2. The van der Waals surface area contributed by atoms with Gasteiger partial charge in [0.1, 0.15) is 5.01 Å². The molecule has 6 heteroatoms. The van der Waals surface area contributed by atoms with Gasteiger partial charge >= 0.3 is 6.03 Å². The summed E-state index contributed by atoms with van der Waals surface area (Å²) < 4.78 is 0. The van der Waals surface area contributed by atoms with Crippen molar-refractivity contribution in [2.24, 2.45) is 0 Å². The minimum Gasteiger partial charge on any atom is -0.333 e. The van der Waals surface area contributed by atoms with E-state index in [1.54, 1.807) is 22.7 Å². The molecular weight excluding hydrogens is 314 g/mol. The third kappa shape index (κ3) is 3.72. The van der Waals surface area contributed by atoms with Crippen molar-refractivity contribution in [3.8, 4) is 10.6 Å². The molecule has 22 heavy (non-hydrogen) atoms. The molecule has 2 amide bonds. The Hall–Kier alpha value is -2.18. The number of aryl methyl sites for hydroxylation is 1. The van der Waals surface area contributed by atoms with Crippen LogP contribution in [0.1, 0.15) is 10.6 Å². The number of thiophene rings is 1. The minimum atomic E-state index is -0.208. The summed E-state index contributed by atoms with van der Waals surface area (Å²) in [6.07, 6.45) is 0. The lowest BCUT2D eigenvalue weighted by Crippen LogP contribution is -2.27. The molecule has 2 aromatic heterocycles. The molecule has 0 aliphatic carbocycles. The summed E-state index contributed by atoms with van der Waals surface area (Å²) in [5.41, 5.74) is 2.77. The van der Waals surface area contributed by atoms with Gasteiger partial charge in [-0.05, 0) is 30.5 Å². The quantitative estimate of drug-likeness (QED) is 0.740. The molecule has 0 saturated carbocycles. The first-order chi connectivity index (χ1) is 10.7. The van der Waals surface area contributed by atoms with Gasteiger partial charge in [0.15, 0.2) is 0 Å². The first-order valence-corrected chi connectivity index (χ1v) is 8.56. The number of urea groups is 1. The van der Waals surface area contributed by atoms with Crippen molar-refractivity contribution in [1.82, 2.24) is 10.3 Å². The van der Waals surface area contributed by atoms with E-state index in [-0.39, 0.29) is 6.03 Å². The average Bonchev–Trinajstić information content (AvgIpc) is 3.17. The number of carbonyl (C=O) groups excluding carboxylic acids is 1. The molecule has 4 nitrogen and oxygen atoms in total. The summed E-state index contributed by atoms with van der Waals surface area (Å²) in [7, 11) is 0. The Morgan fingerprint density at radius 2 is 2.14 bits per heavy atom. The number of carbonyl (C=O) groups is 1. The smallest absolute Gasteiger partial charge is 0.319 e. The monoisotopic (exact) mass is 329 g/mol. The van der Waals surface area contributed by atoms with E-state index in [2.05, 4.69) is 15.6 Å². The molecule has 0 aliphatic heterocycles. The van der Waals surface area contributed by atoms with Crippen molar-refractivity contribution in [1.29, 1.82) is 0 Å². The normalized spacial score (nSPS) is 10.4. The molecule has 0 bridgehead atoms. The zero-order valence-corrected chi connectivity index (χ0v) is 13.6. The Labute approximate surface area is 136 Å². The van der Waals surface area contributed by atoms with E-state index in [9.17, 15) is 4.79 Å². The van der Waals surface area contributed by atoms with Crippen LogP contribution in [0.25, 0.3) is 10.6 Å². The second kappa shape index (κ2) is 6.72. The van der Waals surface area contributed by atoms with Gasteiger partial charge in [-0.15, -0.1) is 22.7 Å². The number of benzene rings is 1. The molecule has 1 aromatic carbocycles. The molecular formula is C16H15N3OS2. The average molecular weight is 329 g/mol. The first-order valence-electron chi connectivity index (χ1n) is 6.80. The van der Waals surface area contributed by atoms with E-state index in [0.717, 1.165) is 26.8 Å². The van der Waals surface area contributed by atoms with Crippen molar-refractivity contribution in [3.63, 3.8) is 0 Å². The van der Waals surface area contributed by atoms with Gasteiger partial charge in [0.2, 0.25) is 0 Å². The Bertz CT molecular complexity index is 765. The molecule has 3 rings (SSSR count). The number of anilines is 1. The van der Waals surface area contributed by atoms with Crippen molar-refractivity contribution in [2.75, 3.05) is 5.32 Å². The van der Waals surface area contributed by atoms with E-state index in [4.69, 9.17) is 0 Å². The summed E-state index contributed by atoms with van der Waals surface area (Å²) in [4.78, 5) is 17.5. The molecule has 0 aliphatic rings. The summed E-state index contributed by atoms with van der Waals surface area (Å²) in [5.74, 6) is 0. The maximum Gasteiger partial charge on any atom is 0.319 e. The summed E-state index contributed by atoms with van der Waals surface area (Å²) in [6, 6.07) is 11.5. The predicted octanol–water partition coefficient (Wildman–Crippen LogP) is 4.50. The van der Waals surface area contributed by atoms with Gasteiger partial charge in [-0.25, -0.2) is 9.78 Å². The Morgan fingerprint density at radius 3 is 2.86 bits per heavy atom. The first kappa shape index (κ1) is 14.7. The number of hydrogen-bond acceptors (Lipinski definition) is 4. The van der Waals surface area contributed by atoms with Gasteiger partial charge in [-0.2, -0.15) is 0 Å². The summed E-state index contributed by atoms with van der Waals surface area (Å²) in [5, 5.41) is 10.7. The molecule has 0 spiro atoms. The number of hydrogen-bond donors (Lipinski definition) is 2. The maximum absolute atomic E-state index is 11.9.